The zero-order valence-electron chi connectivity index (χ0n) is 19.2. The van der Waals surface area contributed by atoms with E-state index in [4.69, 9.17) is 4.74 Å². The van der Waals surface area contributed by atoms with Crippen molar-refractivity contribution in [3.05, 3.63) is 113 Å². The van der Waals surface area contributed by atoms with Crippen LogP contribution >= 0.6 is 0 Å². The van der Waals surface area contributed by atoms with Crippen LogP contribution in [0.4, 0.5) is 0 Å². The van der Waals surface area contributed by atoms with Gasteiger partial charge in [0, 0.05) is 29.3 Å². The van der Waals surface area contributed by atoms with Crippen LogP contribution in [0.5, 0.6) is 5.75 Å². The number of carbonyl (C=O) groups is 1. The lowest BCUT2D eigenvalue weighted by atomic mass is 10.0. The van der Waals surface area contributed by atoms with Gasteiger partial charge < -0.3 is 14.4 Å². The summed E-state index contributed by atoms with van der Waals surface area (Å²) in [5.41, 5.74) is 4.47. The van der Waals surface area contributed by atoms with Crippen molar-refractivity contribution in [1.29, 1.82) is 0 Å². The molecule has 0 aliphatic heterocycles. The number of aromatic nitrogens is 1. The molecule has 5 rings (SSSR count). The van der Waals surface area contributed by atoms with Gasteiger partial charge in [0.25, 0.3) is 0 Å². The molecule has 0 amide bonds. The Kier molecular flexibility index (Phi) is 6.05. The molecule has 0 aliphatic carbocycles. The van der Waals surface area contributed by atoms with Gasteiger partial charge in [0.1, 0.15) is 11.4 Å². The van der Waals surface area contributed by atoms with Crippen LogP contribution in [0, 0.1) is 6.92 Å². The molecular formula is C30H27NO3. The molecule has 1 N–H and O–H groups in total. The molecule has 0 saturated heterocycles. The SMILES string of the molecule is Cc1cccc(Cc2c(C(=O)O)n(CCCOc3cccc4ccccc34)c3ccccc23)c1. The predicted octanol–water partition coefficient (Wildman–Crippen LogP) is 6.86. The lowest BCUT2D eigenvalue weighted by Gasteiger charge is -2.12. The van der Waals surface area contributed by atoms with Crippen LogP contribution in [-0.4, -0.2) is 22.2 Å². The summed E-state index contributed by atoms with van der Waals surface area (Å²) < 4.78 is 8.05. The van der Waals surface area contributed by atoms with Gasteiger partial charge >= 0.3 is 5.97 Å². The van der Waals surface area contributed by atoms with Gasteiger partial charge in [-0.25, -0.2) is 4.79 Å². The Balaban J connectivity index is 1.41. The summed E-state index contributed by atoms with van der Waals surface area (Å²) in [5, 5.41) is 13.4. The van der Waals surface area contributed by atoms with Crippen LogP contribution in [0.2, 0.25) is 0 Å². The number of aromatic carboxylic acids is 1. The Morgan fingerprint density at radius 3 is 2.44 bits per heavy atom. The molecule has 0 spiro atoms. The van der Waals surface area contributed by atoms with Crippen molar-refractivity contribution in [2.75, 3.05) is 6.61 Å². The largest absolute Gasteiger partial charge is 0.493 e. The number of para-hydroxylation sites is 1. The van der Waals surface area contributed by atoms with E-state index in [9.17, 15) is 9.90 Å². The quantitative estimate of drug-likeness (QED) is 0.263. The van der Waals surface area contributed by atoms with Crippen molar-refractivity contribution in [3.8, 4) is 5.75 Å². The summed E-state index contributed by atoms with van der Waals surface area (Å²) in [4.78, 5) is 12.4. The smallest absolute Gasteiger partial charge is 0.352 e. The number of aryl methyl sites for hydroxylation is 2. The van der Waals surface area contributed by atoms with Gasteiger partial charge in [0.15, 0.2) is 0 Å². The maximum Gasteiger partial charge on any atom is 0.352 e. The zero-order chi connectivity index (χ0) is 23.5. The summed E-state index contributed by atoms with van der Waals surface area (Å²) >= 11 is 0. The van der Waals surface area contributed by atoms with E-state index in [0.717, 1.165) is 38.6 Å². The van der Waals surface area contributed by atoms with Crippen LogP contribution < -0.4 is 4.74 Å². The molecule has 34 heavy (non-hydrogen) atoms. The molecule has 0 unspecified atom stereocenters. The molecule has 0 fully saturated rings. The molecule has 1 aromatic heterocycles. The van der Waals surface area contributed by atoms with Crippen molar-refractivity contribution in [3.63, 3.8) is 0 Å². The molecule has 0 aliphatic rings. The monoisotopic (exact) mass is 449 g/mol. The van der Waals surface area contributed by atoms with Gasteiger partial charge in [-0.15, -0.1) is 0 Å². The highest BCUT2D eigenvalue weighted by Gasteiger charge is 2.22. The first kappa shape index (κ1) is 21.8. The van der Waals surface area contributed by atoms with E-state index in [2.05, 4.69) is 43.3 Å². The van der Waals surface area contributed by atoms with E-state index in [-0.39, 0.29) is 0 Å². The van der Waals surface area contributed by atoms with Crippen molar-refractivity contribution >= 4 is 27.6 Å². The van der Waals surface area contributed by atoms with Crippen LogP contribution in [0.25, 0.3) is 21.7 Å². The van der Waals surface area contributed by atoms with Gasteiger partial charge in [-0.1, -0.05) is 84.4 Å². The summed E-state index contributed by atoms with van der Waals surface area (Å²) in [6.45, 7) is 3.13. The van der Waals surface area contributed by atoms with Gasteiger partial charge in [0.2, 0.25) is 0 Å². The number of carboxylic acid groups (broad SMARTS) is 1. The van der Waals surface area contributed by atoms with E-state index in [1.165, 1.54) is 5.56 Å². The molecule has 0 bridgehead atoms. The third-order valence-corrected chi connectivity index (χ3v) is 6.27. The molecule has 0 atom stereocenters. The van der Waals surface area contributed by atoms with Crippen LogP contribution in [0.15, 0.2) is 91.0 Å². The van der Waals surface area contributed by atoms with E-state index < -0.39 is 5.97 Å². The highest BCUT2D eigenvalue weighted by atomic mass is 16.5. The fourth-order valence-electron chi connectivity index (χ4n) is 4.78. The van der Waals surface area contributed by atoms with Gasteiger partial charge in [-0.05, 0) is 42.0 Å². The van der Waals surface area contributed by atoms with Crippen molar-refractivity contribution in [1.82, 2.24) is 4.57 Å². The lowest BCUT2D eigenvalue weighted by Crippen LogP contribution is -2.13. The zero-order valence-corrected chi connectivity index (χ0v) is 19.2. The first-order valence-corrected chi connectivity index (χ1v) is 11.6. The molecule has 4 heteroatoms. The minimum atomic E-state index is -0.895. The maximum absolute atomic E-state index is 12.4. The third-order valence-electron chi connectivity index (χ3n) is 6.27. The number of hydrogen-bond acceptors (Lipinski definition) is 2. The Bertz CT molecular complexity index is 1480. The number of ether oxygens (including phenoxy) is 1. The van der Waals surface area contributed by atoms with Crippen LogP contribution in [-0.2, 0) is 13.0 Å². The second kappa shape index (κ2) is 9.44. The average molecular weight is 450 g/mol. The summed E-state index contributed by atoms with van der Waals surface area (Å²) in [7, 11) is 0. The second-order valence-electron chi connectivity index (χ2n) is 8.65. The van der Waals surface area contributed by atoms with Crippen LogP contribution in [0.3, 0.4) is 0 Å². The minimum Gasteiger partial charge on any atom is -0.493 e. The molecule has 0 radical (unpaired) electrons. The third kappa shape index (κ3) is 4.27. The highest BCUT2D eigenvalue weighted by molar-refractivity contribution is 5.98. The van der Waals surface area contributed by atoms with Crippen molar-refractivity contribution in [2.45, 2.75) is 26.3 Å². The second-order valence-corrected chi connectivity index (χ2v) is 8.65. The van der Waals surface area contributed by atoms with E-state index >= 15 is 0 Å². The van der Waals surface area contributed by atoms with E-state index in [1.54, 1.807) is 0 Å². The Labute approximate surface area is 199 Å². The standard InChI is InChI=1S/C30H27NO3/c1-21-9-6-10-22(19-21)20-26-25-14-4-5-15-27(25)31(29(26)30(32)33)17-8-18-34-28-16-7-12-23-11-2-3-13-24(23)28/h2-7,9-16,19H,8,17-18,20H2,1H3,(H,32,33). The first-order valence-electron chi connectivity index (χ1n) is 11.6. The fourth-order valence-corrected chi connectivity index (χ4v) is 4.78. The number of hydrogen-bond donors (Lipinski definition) is 1. The summed E-state index contributed by atoms with van der Waals surface area (Å²) in [6.07, 6.45) is 1.29. The molecule has 4 nitrogen and oxygen atoms in total. The summed E-state index contributed by atoms with van der Waals surface area (Å²) in [6, 6.07) is 30.4. The molecule has 5 aromatic rings. The van der Waals surface area contributed by atoms with Gasteiger partial charge in [-0.3, -0.25) is 0 Å². The predicted molar refractivity (Wildman–Crippen MR) is 137 cm³/mol. The number of carboxylic acids is 1. The Morgan fingerprint density at radius 2 is 1.62 bits per heavy atom. The summed E-state index contributed by atoms with van der Waals surface area (Å²) in [5.74, 6) is -0.0390. The Morgan fingerprint density at radius 1 is 0.882 bits per heavy atom. The van der Waals surface area contributed by atoms with Crippen molar-refractivity contribution in [2.24, 2.45) is 0 Å². The molecule has 1 heterocycles. The minimum absolute atomic E-state index is 0.368. The van der Waals surface area contributed by atoms with Gasteiger partial charge in [0.05, 0.1) is 6.61 Å². The average Bonchev–Trinajstić information content (AvgIpc) is 3.15. The first-order chi connectivity index (χ1) is 16.6. The maximum atomic E-state index is 12.4. The topological polar surface area (TPSA) is 51.5 Å². The normalized spacial score (nSPS) is 11.2. The van der Waals surface area contributed by atoms with Gasteiger partial charge in [-0.2, -0.15) is 0 Å². The van der Waals surface area contributed by atoms with E-state index in [0.29, 0.717) is 31.7 Å². The highest BCUT2D eigenvalue weighted by Crippen LogP contribution is 2.30. The fraction of sp³-hybridized carbons (Fsp3) is 0.167. The number of nitrogens with zero attached hydrogens (tertiary/aromatic N) is 1. The van der Waals surface area contributed by atoms with Crippen LogP contribution in [0.1, 0.15) is 33.6 Å². The number of fused-ring (bicyclic) bond motifs is 2. The Hall–Kier alpha value is -4.05. The van der Waals surface area contributed by atoms with Crippen molar-refractivity contribution < 1.29 is 14.6 Å². The molecular weight excluding hydrogens is 422 g/mol. The number of rotatable bonds is 8. The lowest BCUT2D eigenvalue weighted by molar-refractivity contribution is 0.0684. The molecule has 170 valence electrons. The molecule has 4 aromatic carbocycles. The molecule has 0 saturated carbocycles. The van der Waals surface area contributed by atoms with E-state index in [1.807, 2.05) is 59.2 Å². The number of benzene rings is 4.